The molecule has 1 aliphatic rings. The lowest BCUT2D eigenvalue weighted by atomic mass is 10.0. The Hall–Kier alpha value is -1.77. The number of esters is 1. The van der Waals surface area contributed by atoms with Gasteiger partial charge >= 0.3 is 5.97 Å². The number of cyclic esters (lactones) is 1. The molecular weight excluding hydrogens is 214 g/mol. The SMILES string of the molecule is CN1C=C(c2ccccc2)C(=O)OCC1(C)C. The number of nitrogens with zero attached hydrogens (tertiary/aromatic N) is 1. The quantitative estimate of drug-likeness (QED) is 0.694. The van der Waals surface area contributed by atoms with Gasteiger partial charge in [-0.1, -0.05) is 30.3 Å². The molecule has 1 heterocycles. The van der Waals surface area contributed by atoms with Crippen LogP contribution in [0.1, 0.15) is 19.4 Å². The van der Waals surface area contributed by atoms with Crippen molar-refractivity contribution in [1.29, 1.82) is 0 Å². The van der Waals surface area contributed by atoms with Gasteiger partial charge < -0.3 is 9.64 Å². The molecule has 17 heavy (non-hydrogen) atoms. The fraction of sp³-hybridized carbons (Fsp3) is 0.357. The second-order valence-corrected chi connectivity index (χ2v) is 4.91. The Balaban J connectivity index is 2.41. The van der Waals surface area contributed by atoms with Gasteiger partial charge in [0, 0.05) is 13.2 Å². The van der Waals surface area contributed by atoms with E-state index in [1.165, 1.54) is 0 Å². The molecule has 1 aliphatic heterocycles. The lowest BCUT2D eigenvalue weighted by Gasteiger charge is -2.32. The van der Waals surface area contributed by atoms with E-state index in [-0.39, 0.29) is 11.5 Å². The van der Waals surface area contributed by atoms with Crippen molar-refractivity contribution in [2.45, 2.75) is 19.4 Å². The van der Waals surface area contributed by atoms with E-state index >= 15 is 0 Å². The van der Waals surface area contributed by atoms with Crippen molar-refractivity contribution < 1.29 is 9.53 Å². The van der Waals surface area contributed by atoms with Gasteiger partial charge in [-0.15, -0.1) is 0 Å². The molecule has 0 saturated heterocycles. The number of hydrogen-bond acceptors (Lipinski definition) is 3. The van der Waals surface area contributed by atoms with Crippen molar-refractivity contribution in [3.8, 4) is 0 Å². The first-order chi connectivity index (χ1) is 8.00. The highest BCUT2D eigenvalue weighted by molar-refractivity contribution is 6.16. The van der Waals surface area contributed by atoms with Crippen LogP contribution >= 0.6 is 0 Å². The second kappa shape index (κ2) is 4.24. The van der Waals surface area contributed by atoms with Gasteiger partial charge in [0.1, 0.15) is 6.61 Å². The topological polar surface area (TPSA) is 29.5 Å². The van der Waals surface area contributed by atoms with Crippen molar-refractivity contribution in [2.75, 3.05) is 13.7 Å². The molecule has 0 spiro atoms. The molecule has 3 heteroatoms. The Labute approximate surface area is 102 Å². The van der Waals surface area contributed by atoms with E-state index in [0.29, 0.717) is 12.2 Å². The first-order valence-corrected chi connectivity index (χ1v) is 5.68. The minimum Gasteiger partial charge on any atom is -0.460 e. The number of carbonyl (C=O) groups is 1. The van der Waals surface area contributed by atoms with Crippen molar-refractivity contribution in [3.63, 3.8) is 0 Å². The van der Waals surface area contributed by atoms with E-state index in [0.717, 1.165) is 5.56 Å². The zero-order chi connectivity index (χ0) is 12.5. The summed E-state index contributed by atoms with van der Waals surface area (Å²) in [5, 5.41) is 0. The summed E-state index contributed by atoms with van der Waals surface area (Å²) in [5.74, 6) is -0.256. The van der Waals surface area contributed by atoms with Crippen LogP contribution in [0.5, 0.6) is 0 Å². The Morgan fingerprint density at radius 3 is 2.53 bits per heavy atom. The highest BCUT2D eigenvalue weighted by atomic mass is 16.5. The summed E-state index contributed by atoms with van der Waals surface area (Å²) in [4.78, 5) is 14.0. The molecule has 1 aromatic rings. The van der Waals surface area contributed by atoms with Crippen LogP contribution < -0.4 is 0 Å². The first kappa shape index (κ1) is 11.7. The molecule has 2 rings (SSSR count). The maximum Gasteiger partial charge on any atom is 0.340 e. The molecular formula is C14H17NO2. The Morgan fingerprint density at radius 2 is 1.88 bits per heavy atom. The van der Waals surface area contributed by atoms with E-state index < -0.39 is 0 Å². The van der Waals surface area contributed by atoms with Gasteiger partial charge in [0.2, 0.25) is 0 Å². The molecule has 1 aromatic carbocycles. The third-order valence-corrected chi connectivity index (χ3v) is 3.14. The molecule has 0 bridgehead atoms. The number of carbonyl (C=O) groups excluding carboxylic acids is 1. The van der Waals surface area contributed by atoms with Gasteiger partial charge in [0.25, 0.3) is 0 Å². The van der Waals surface area contributed by atoms with E-state index in [9.17, 15) is 4.79 Å². The first-order valence-electron chi connectivity index (χ1n) is 5.68. The molecule has 0 aromatic heterocycles. The smallest absolute Gasteiger partial charge is 0.340 e. The number of hydrogen-bond donors (Lipinski definition) is 0. The predicted octanol–water partition coefficient (Wildman–Crippen LogP) is 2.29. The van der Waals surface area contributed by atoms with Crippen LogP contribution in [0.15, 0.2) is 36.5 Å². The van der Waals surface area contributed by atoms with E-state index in [2.05, 4.69) is 0 Å². The maximum atomic E-state index is 11.9. The van der Waals surface area contributed by atoms with E-state index in [4.69, 9.17) is 4.74 Å². The number of likely N-dealkylation sites (N-methyl/N-ethyl adjacent to an activating group) is 1. The van der Waals surface area contributed by atoms with Crippen LogP contribution in [0.25, 0.3) is 5.57 Å². The van der Waals surface area contributed by atoms with Crippen molar-refractivity contribution >= 4 is 11.5 Å². The normalized spacial score (nSPS) is 19.4. The van der Waals surface area contributed by atoms with Crippen LogP contribution in [-0.2, 0) is 9.53 Å². The molecule has 3 nitrogen and oxygen atoms in total. The Morgan fingerprint density at radius 1 is 1.24 bits per heavy atom. The number of rotatable bonds is 1. The van der Waals surface area contributed by atoms with Gasteiger partial charge in [-0.05, 0) is 19.4 Å². The Bertz CT molecular complexity index is 449. The molecule has 0 unspecified atom stereocenters. The second-order valence-electron chi connectivity index (χ2n) is 4.91. The van der Waals surface area contributed by atoms with E-state index in [1.807, 2.05) is 62.3 Å². The molecule has 90 valence electrons. The summed E-state index contributed by atoms with van der Waals surface area (Å²) >= 11 is 0. The fourth-order valence-electron chi connectivity index (χ4n) is 1.65. The zero-order valence-electron chi connectivity index (χ0n) is 10.4. The van der Waals surface area contributed by atoms with Crippen molar-refractivity contribution in [1.82, 2.24) is 4.90 Å². The summed E-state index contributed by atoms with van der Waals surface area (Å²) in [5.41, 5.74) is 1.33. The van der Waals surface area contributed by atoms with Crippen molar-refractivity contribution in [2.24, 2.45) is 0 Å². The molecule has 0 saturated carbocycles. The minimum absolute atomic E-state index is 0.174. The van der Waals surface area contributed by atoms with Gasteiger partial charge in [-0.2, -0.15) is 0 Å². The average molecular weight is 231 g/mol. The molecule has 0 fully saturated rings. The van der Waals surface area contributed by atoms with E-state index in [1.54, 1.807) is 0 Å². The van der Waals surface area contributed by atoms with Crippen LogP contribution in [0, 0.1) is 0 Å². The predicted molar refractivity (Wildman–Crippen MR) is 67.2 cm³/mol. The van der Waals surface area contributed by atoms with Gasteiger partial charge in [-0.25, -0.2) is 4.79 Å². The number of ether oxygens (including phenoxy) is 1. The summed E-state index contributed by atoms with van der Waals surface area (Å²) in [6.45, 7) is 4.49. The minimum atomic E-state index is -0.256. The zero-order valence-corrected chi connectivity index (χ0v) is 10.4. The molecule has 0 atom stereocenters. The molecule has 0 N–H and O–H groups in total. The van der Waals surface area contributed by atoms with Crippen molar-refractivity contribution in [3.05, 3.63) is 42.1 Å². The molecule has 0 amide bonds. The third kappa shape index (κ3) is 2.33. The lowest BCUT2D eigenvalue weighted by molar-refractivity contribution is -0.138. The van der Waals surface area contributed by atoms with Gasteiger partial charge in [-0.3, -0.25) is 0 Å². The van der Waals surface area contributed by atoms with Gasteiger partial charge in [0.15, 0.2) is 0 Å². The number of benzene rings is 1. The summed E-state index contributed by atoms with van der Waals surface area (Å²) < 4.78 is 5.31. The lowest BCUT2D eigenvalue weighted by Crippen LogP contribution is -2.40. The average Bonchev–Trinajstić information content (AvgIpc) is 2.42. The highest BCUT2D eigenvalue weighted by Crippen LogP contribution is 2.24. The molecule has 0 radical (unpaired) electrons. The third-order valence-electron chi connectivity index (χ3n) is 3.14. The maximum absolute atomic E-state index is 11.9. The Kier molecular flexibility index (Phi) is 2.92. The van der Waals surface area contributed by atoms with Gasteiger partial charge in [0.05, 0.1) is 11.1 Å². The summed E-state index contributed by atoms with van der Waals surface area (Å²) in [7, 11) is 1.96. The summed E-state index contributed by atoms with van der Waals surface area (Å²) in [6, 6.07) is 9.59. The fourth-order valence-corrected chi connectivity index (χ4v) is 1.65. The highest BCUT2D eigenvalue weighted by Gasteiger charge is 2.29. The largest absolute Gasteiger partial charge is 0.460 e. The van der Waals surface area contributed by atoms with Crippen LogP contribution in [-0.4, -0.2) is 30.1 Å². The van der Waals surface area contributed by atoms with Crippen LogP contribution in [0.3, 0.4) is 0 Å². The standard InChI is InChI=1S/C14H17NO2/c1-14(2)10-17-13(16)12(9-15(14)3)11-7-5-4-6-8-11/h4-9H,10H2,1-3H3. The summed E-state index contributed by atoms with van der Waals surface area (Å²) in [6.07, 6.45) is 1.87. The molecule has 0 aliphatic carbocycles. The monoisotopic (exact) mass is 231 g/mol. The van der Waals surface area contributed by atoms with Crippen LogP contribution in [0.4, 0.5) is 0 Å². The van der Waals surface area contributed by atoms with Crippen LogP contribution in [0.2, 0.25) is 0 Å².